The number of carbonyl (C=O) groups excluding carboxylic acids is 2. The zero-order chi connectivity index (χ0) is 21.8. The molecule has 2 aromatic carbocycles. The molecular formula is C22H20ClN3O3S. The molecule has 0 saturated heterocycles. The van der Waals surface area contributed by atoms with Gasteiger partial charge in [-0.15, -0.1) is 0 Å². The van der Waals surface area contributed by atoms with Crippen molar-refractivity contribution in [2.45, 2.75) is 31.0 Å². The molecule has 3 aromatic rings. The van der Waals surface area contributed by atoms with Gasteiger partial charge in [-0.2, -0.15) is 9.78 Å². The first-order valence-electron chi connectivity index (χ1n) is 9.20. The number of nitrogens with one attached hydrogen (secondary N) is 1. The second-order valence-electron chi connectivity index (χ2n) is 6.74. The molecule has 0 aliphatic carbocycles. The number of anilines is 1. The molecular weight excluding hydrogens is 422 g/mol. The summed E-state index contributed by atoms with van der Waals surface area (Å²) >= 11 is 7.40. The van der Waals surface area contributed by atoms with Gasteiger partial charge in [0.15, 0.2) is 5.78 Å². The Kier molecular flexibility index (Phi) is 6.74. The highest BCUT2D eigenvalue weighted by atomic mass is 35.5. The lowest BCUT2D eigenvalue weighted by Crippen LogP contribution is -2.24. The lowest BCUT2D eigenvalue weighted by Gasteiger charge is -2.13. The minimum atomic E-state index is -0.461. The van der Waals surface area contributed by atoms with Crippen LogP contribution < -0.4 is 10.9 Å². The lowest BCUT2D eigenvalue weighted by atomic mass is 10.1. The average molecular weight is 442 g/mol. The smallest absolute Gasteiger partial charge is 0.271 e. The van der Waals surface area contributed by atoms with Gasteiger partial charge in [0.05, 0.1) is 10.9 Å². The van der Waals surface area contributed by atoms with Crippen molar-refractivity contribution in [3.05, 3.63) is 81.1 Å². The second kappa shape index (κ2) is 9.28. The number of Topliss-reactive ketones (excluding diaryl/α,β-unsaturated/α-hetero) is 1. The molecule has 6 nitrogen and oxygen atoms in total. The van der Waals surface area contributed by atoms with E-state index in [2.05, 4.69) is 10.4 Å². The van der Waals surface area contributed by atoms with Crippen LogP contribution in [-0.4, -0.2) is 26.7 Å². The number of hydrogen-bond donors (Lipinski definition) is 1. The van der Waals surface area contributed by atoms with Gasteiger partial charge in [-0.05, 0) is 68.8 Å². The van der Waals surface area contributed by atoms with E-state index >= 15 is 0 Å². The summed E-state index contributed by atoms with van der Waals surface area (Å²) in [6, 6.07) is 15.0. The van der Waals surface area contributed by atoms with Crippen LogP contribution >= 0.6 is 23.4 Å². The van der Waals surface area contributed by atoms with Crippen molar-refractivity contribution in [2.24, 2.45) is 0 Å². The van der Waals surface area contributed by atoms with Gasteiger partial charge in [-0.3, -0.25) is 14.4 Å². The largest absolute Gasteiger partial charge is 0.325 e. The molecule has 154 valence electrons. The maximum absolute atomic E-state index is 12.5. The predicted molar refractivity (Wildman–Crippen MR) is 120 cm³/mol. The van der Waals surface area contributed by atoms with Gasteiger partial charge in [0, 0.05) is 22.3 Å². The van der Waals surface area contributed by atoms with Crippen LogP contribution in [0, 0.1) is 6.92 Å². The van der Waals surface area contributed by atoms with Crippen LogP contribution in [0.5, 0.6) is 0 Å². The van der Waals surface area contributed by atoms with E-state index in [1.807, 2.05) is 13.0 Å². The highest BCUT2D eigenvalue weighted by molar-refractivity contribution is 8.00. The fourth-order valence-electron chi connectivity index (χ4n) is 2.62. The van der Waals surface area contributed by atoms with Crippen LogP contribution in [0.4, 0.5) is 5.69 Å². The summed E-state index contributed by atoms with van der Waals surface area (Å²) in [4.78, 5) is 36.1. The number of ketones is 1. The van der Waals surface area contributed by atoms with E-state index in [1.165, 1.54) is 29.4 Å². The Morgan fingerprint density at radius 2 is 1.80 bits per heavy atom. The monoisotopic (exact) mass is 441 g/mol. The quantitative estimate of drug-likeness (QED) is 0.449. The summed E-state index contributed by atoms with van der Waals surface area (Å²) < 4.78 is 1.26. The molecule has 0 unspecified atom stereocenters. The number of thioether (sulfide) groups is 1. The second-order valence-corrected chi connectivity index (χ2v) is 8.51. The number of nitrogens with zero attached hydrogens (tertiary/aromatic N) is 2. The molecule has 3 rings (SSSR count). The summed E-state index contributed by atoms with van der Waals surface area (Å²) in [5.74, 6) is -0.249. The van der Waals surface area contributed by atoms with Crippen molar-refractivity contribution in [3.8, 4) is 5.69 Å². The van der Waals surface area contributed by atoms with Crippen LogP contribution in [-0.2, 0) is 4.79 Å². The third kappa shape index (κ3) is 5.17. The number of rotatable bonds is 6. The topological polar surface area (TPSA) is 81.1 Å². The van der Waals surface area contributed by atoms with Gasteiger partial charge >= 0.3 is 0 Å². The molecule has 30 heavy (non-hydrogen) atoms. The van der Waals surface area contributed by atoms with Gasteiger partial charge in [0.2, 0.25) is 5.91 Å². The third-order valence-corrected chi connectivity index (χ3v) is 5.84. The van der Waals surface area contributed by atoms with E-state index in [-0.39, 0.29) is 17.2 Å². The Morgan fingerprint density at radius 3 is 2.43 bits per heavy atom. The maximum Gasteiger partial charge on any atom is 0.271 e. The number of halogens is 1. The van der Waals surface area contributed by atoms with E-state index < -0.39 is 5.25 Å². The van der Waals surface area contributed by atoms with Crippen molar-refractivity contribution in [1.29, 1.82) is 0 Å². The number of benzene rings is 2. The average Bonchev–Trinajstić information content (AvgIpc) is 2.72. The number of carbonyl (C=O) groups is 2. The Hall–Kier alpha value is -2.90. The van der Waals surface area contributed by atoms with Gasteiger partial charge in [-0.1, -0.05) is 29.4 Å². The summed E-state index contributed by atoms with van der Waals surface area (Å²) in [6.07, 6.45) is 0. The number of amides is 1. The van der Waals surface area contributed by atoms with Crippen LogP contribution in [0.3, 0.4) is 0 Å². The lowest BCUT2D eigenvalue weighted by molar-refractivity contribution is -0.115. The first-order chi connectivity index (χ1) is 14.2. The summed E-state index contributed by atoms with van der Waals surface area (Å²) in [5, 5.41) is 7.79. The third-order valence-electron chi connectivity index (χ3n) is 4.40. The van der Waals surface area contributed by atoms with Crippen LogP contribution in [0.25, 0.3) is 5.69 Å². The zero-order valence-electron chi connectivity index (χ0n) is 16.7. The molecule has 0 aliphatic heterocycles. The molecule has 0 saturated carbocycles. The molecule has 0 aliphatic rings. The Balaban J connectivity index is 1.73. The normalized spacial score (nSPS) is 11.7. The van der Waals surface area contributed by atoms with Crippen molar-refractivity contribution in [2.75, 3.05) is 5.32 Å². The van der Waals surface area contributed by atoms with Crippen LogP contribution in [0.1, 0.15) is 29.8 Å². The predicted octanol–water partition coefficient (Wildman–Crippen LogP) is 4.52. The SMILES string of the molecule is CC(=O)c1ccc(NC(=O)[C@H](C)Sc2ccc(=O)n(-c3ccc(C)c(Cl)c3)n2)cc1. The van der Waals surface area contributed by atoms with Crippen LogP contribution in [0.2, 0.25) is 5.02 Å². The van der Waals surface area contributed by atoms with Crippen molar-refractivity contribution in [1.82, 2.24) is 9.78 Å². The molecule has 0 spiro atoms. The van der Waals surface area contributed by atoms with Gasteiger partial charge in [0.1, 0.15) is 5.03 Å². The summed E-state index contributed by atoms with van der Waals surface area (Å²) in [5.41, 5.74) is 2.35. The minimum absolute atomic E-state index is 0.0344. The highest BCUT2D eigenvalue weighted by Crippen LogP contribution is 2.23. The number of aryl methyl sites for hydroxylation is 1. The molecule has 0 radical (unpaired) electrons. The summed E-state index contributed by atoms with van der Waals surface area (Å²) in [6.45, 7) is 5.12. The van der Waals surface area contributed by atoms with Gasteiger partial charge in [0.25, 0.3) is 5.56 Å². The maximum atomic E-state index is 12.5. The Morgan fingerprint density at radius 1 is 1.10 bits per heavy atom. The standard InChI is InChI=1S/C22H20ClN3O3S/c1-13-4-9-18(12-19(13)23)26-21(28)11-10-20(25-26)30-15(3)22(29)24-17-7-5-16(6-8-17)14(2)27/h4-12,15H,1-3H3,(H,24,29)/t15-/m0/s1. The fourth-order valence-corrected chi connectivity index (χ4v) is 3.60. The molecule has 0 fully saturated rings. The van der Waals surface area contributed by atoms with E-state index in [0.29, 0.717) is 27.0 Å². The fraction of sp³-hybridized carbons (Fsp3) is 0.182. The molecule has 8 heteroatoms. The van der Waals surface area contributed by atoms with E-state index in [9.17, 15) is 14.4 Å². The molecule has 1 aromatic heterocycles. The molecule has 1 heterocycles. The Labute approximate surface area is 183 Å². The number of aromatic nitrogens is 2. The molecule has 1 amide bonds. The first kappa shape index (κ1) is 21.8. The van der Waals surface area contributed by atoms with Gasteiger partial charge < -0.3 is 5.32 Å². The summed E-state index contributed by atoms with van der Waals surface area (Å²) in [7, 11) is 0. The molecule has 1 atom stereocenters. The zero-order valence-corrected chi connectivity index (χ0v) is 18.3. The van der Waals surface area contributed by atoms with E-state index in [0.717, 1.165) is 5.56 Å². The van der Waals surface area contributed by atoms with Crippen LogP contribution in [0.15, 0.2) is 64.4 Å². The van der Waals surface area contributed by atoms with E-state index in [4.69, 9.17) is 11.6 Å². The first-order valence-corrected chi connectivity index (χ1v) is 10.5. The van der Waals surface area contributed by atoms with E-state index in [1.54, 1.807) is 49.4 Å². The number of hydrogen-bond acceptors (Lipinski definition) is 5. The van der Waals surface area contributed by atoms with Gasteiger partial charge in [-0.25, -0.2) is 0 Å². The van der Waals surface area contributed by atoms with Crippen molar-refractivity contribution in [3.63, 3.8) is 0 Å². The highest BCUT2D eigenvalue weighted by Gasteiger charge is 2.16. The van der Waals surface area contributed by atoms with Crippen molar-refractivity contribution >= 4 is 40.7 Å². The minimum Gasteiger partial charge on any atom is -0.325 e. The molecule has 1 N–H and O–H groups in total. The molecule has 0 bridgehead atoms. The van der Waals surface area contributed by atoms with Crippen molar-refractivity contribution < 1.29 is 9.59 Å². The Bertz CT molecular complexity index is 1160.